The Morgan fingerprint density at radius 1 is 0.606 bits per heavy atom. The highest BCUT2D eigenvalue weighted by atomic mass is 32.2. The number of aryl methyl sites for hydroxylation is 1. The largest absolute Gasteiger partial charge is 0.463 e. The van der Waals surface area contributed by atoms with Crippen molar-refractivity contribution in [3.63, 3.8) is 0 Å². The fourth-order valence-electron chi connectivity index (χ4n) is 9.56. The summed E-state index contributed by atoms with van der Waals surface area (Å²) in [5.41, 5.74) is 0.423. The molecule has 0 saturated heterocycles. The molecular weight excluding hydrogens is 953 g/mol. The van der Waals surface area contributed by atoms with Crippen molar-refractivity contribution in [3.8, 4) is 17.6 Å². The van der Waals surface area contributed by atoms with Gasteiger partial charge in [0.05, 0.1) is 75.8 Å². The molecular formula is C53H66N2O14S2. The molecule has 1 aliphatic heterocycles. The van der Waals surface area contributed by atoms with Crippen LogP contribution in [0.5, 0.6) is 11.5 Å². The highest BCUT2D eigenvalue weighted by molar-refractivity contribution is 8.24. The molecule has 4 fully saturated rings. The number of fused-ring (bicyclic) bond motifs is 1. The second-order valence-corrected chi connectivity index (χ2v) is 21.1. The molecule has 16 nitrogen and oxygen atoms in total. The highest BCUT2D eigenvalue weighted by Crippen LogP contribution is 2.60. The molecule has 1 aromatic rings. The Kier molecular flexibility index (Phi) is 21.9. The number of esters is 6. The van der Waals surface area contributed by atoms with Crippen LogP contribution < -0.4 is 9.47 Å². The van der Waals surface area contributed by atoms with Crippen molar-refractivity contribution in [1.82, 2.24) is 0 Å². The number of allylic oxidation sites excluding steroid dienone is 1. The van der Waals surface area contributed by atoms with Crippen LogP contribution in [0.1, 0.15) is 134 Å². The summed E-state index contributed by atoms with van der Waals surface area (Å²) in [6, 6.07) is 3.59. The van der Waals surface area contributed by atoms with E-state index >= 15 is 0 Å². The van der Waals surface area contributed by atoms with Crippen molar-refractivity contribution in [2.45, 2.75) is 170 Å². The zero-order valence-electron chi connectivity index (χ0n) is 40.7. The van der Waals surface area contributed by atoms with E-state index in [1.807, 2.05) is 6.07 Å². The van der Waals surface area contributed by atoms with Crippen LogP contribution in [-0.2, 0) is 57.2 Å². The molecule has 4 aliphatic carbocycles. The van der Waals surface area contributed by atoms with Gasteiger partial charge in [-0.25, -0.2) is 19.7 Å². The van der Waals surface area contributed by atoms with E-state index in [1.165, 1.54) is 0 Å². The third-order valence-corrected chi connectivity index (χ3v) is 16.3. The van der Waals surface area contributed by atoms with Gasteiger partial charge < -0.3 is 37.9 Å². The van der Waals surface area contributed by atoms with Crippen molar-refractivity contribution in [1.29, 1.82) is 5.26 Å². The van der Waals surface area contributed by atoms with Crippen molar-refractivity contribution >= 4 is 59.3 Å². The summed E-state index contributed by atoms with van der Waals surface area (Å²) in [5.74, 6) is -2.84. The third kappa shape index (κ3) is 16.4. The average Bonchev–Trinajstić information content (AvgIpc) is 3.83. The van der Waals surface area contributed by atoms with Crippen molar-refractivity contribution in [3.05, 3.63) is 58.3 Å². The molecule has 0 radical (unpaired) electrons. The van der Waals surface area contributed by atoms with Gasteiger partial charge in [0.1, 0.15) is 23.7 Å². The summed E-state index contributed by atoms with van der Waals surface area (Å²) in [5, 5.41) is 9.73. The number of nitrogens with zero attached hydrogens (tertiary/aromatic N) is 2. The first-order valence-corrected chi connectivity index (χ1v) is 26.7. The second-order valence-electron chi connectivity index (χ2n) is 18.8. The fraction of sp³-hybridized carbons (Fsp3) is 0.623. The number of hydrogen-bond donors (Lipinski definition) is 0. The van der Waals surface area contributed by atoms with Gasteiger partial charge in [0.15, 0.2) is 0 Å². The quantitative estimate of drug-likeness (QED) is 0.0201. The molecule has 5 aliphatic rings. The molecule has 0 amide bonds. The maximum Gasteiger partial charge on any atom is 0.330 e. The van der Waals surface area contributed by atoms with E-state index in [9.17, 15) is 34.0 Å². The number of thioether (sulfide) groups is 2. The van der Waals surface area contributed by atoms with Gasteiger partial charge in [0.2, 0.25) is 0 Å². The summed E-state index contributed by atoms with van der Waals surface area (Å²) in [6.07, 6.45) is 14.6. The smallest absolute Gasteiger partial charge is 0.330 e. The predicted molar refractivity (Wildman–Crippen MR) is 261 cm³/mol. The number of hydrogen-bond acceptors (Lipinski definition) is 17. The Bertz CT molecular complexity index is 2190. The minimum atomic E-state index is -0.433. The van der Waals surface area contributed by atoms with Gasteiger partial charge in [-0.1, -0.05) is 36.7 Å². The molecule has 6 rings (SSSR count). The monoisotopic (exact) mass is 1020 g/mol. The van der Waals surface area contributed by atoms with E-state index < -0.39 is 35.7 Å². The maximum absolute atomic E-state index is 13.7. The highest BCUT2D eigenvalue weighted by Gasteiger charge is 2.38. The van der Waals surface area contributed by atoms with E-state index in [4.69, 9.17) is 44.5 Å². The number of unbranched alkanes of at least 4 members (excludes halogenated alkanes) is 2. The first-order valence-electron chi connectivity index (χ1n) is 25.1. The Hall–Kier alpha value is -5.14. The molecule has 1 heterocycles. The molecule has 18 heteroatoms. The molecule has 0 atom stereocenters. The normalized spacial score (nSPS) is 25.7. The third-order valence-electron chi connectivity index (χ3n) is 13.8. The van der Waals surface area contributed by atoms with Gasteiger partial charge in [0.25, 0.3) is 5.70 Å². The molecule has 4 saturated carbocycles. The lowest BCUT2D eigenvalue weighted by Gasteiger charge is -2.31. The van der Waals surface area contributed by atoms with E-state index in [-0.39, 0.29) is 65.4 Å². The van der Waals surface area contributed by atoms with Crippen LogP contribution in [0.3, 0.4) is 0 Å². The Labute approximate surface area is 425 Å². The van der Waals surface area contributed by atoms with Crippen molar-refractivity contribution in [2.75, 3.05) is 26.4 Å². The maximum atomic E-state index is 13.7. The lowest BCUT2D eigenvalue weighted by molar-refractivity contribution is -0.160. The fourth-order valence-corrected chi connectivity index (χ4v) is 12.1. The molecule has 384 valence electrons. The molecule has 71 heavy (non-hydrogen) atoms. The summed E-state index contributed by atoms with van der Waals surface area (Å²) in [7, 11) is 0. The predicted octanol–water partition coefficient (Wildman–Crippen LogP) is 9.99. The standard InChI is InChI=1S/C53H66N2O14S2/c1-5-44(56)64-29-9-7-27-62-38-19-11-34(12-20-38)49(58)66-40-23-15-36(16-24-40)51(60)68-43-31-33(3)46(48-47(43)70-53(71-48)42(32-54)55-4)69-52(61)37-17-25-41(26-18-37)67-50(59)35-13-21-39(22-14-35)63-28-8-10-30-65-45(57)6-2/h5-6,31,34-41H,1-2,7-30H2,3H3/b53-42-. The molecule has 0 bridgehead atoms. The van der Waals surface area contributed by atoms with Crippen LogP contribution in [0.4, 0.5) is 0 Å². The minimum Gasteiger partial charge on any atom is -0.463 e. The van der Waals surface area contributed by atoms with E-state index in [2.05, 4.69) is 18.0 Å². The first-order chi connectivity index (χ1) is 34.4. The number of ether oxygens (including phenoxy) is 8. The van der Waals surface area contributed by atoms with Crippen LogP contribution in [0.15, 0.2) is 51.1 Å². The molecule has 0 unspecified atom stereocenters. The van der Waals surface area contributed by atoms with E-state index in [0.29, 0.717) is 136 Å². The molecule has 0 N–H and O–H groups in total. The van der Waals surface area contributed by atoms with Crippen LogP contribution in [0.2, 0.25) is 0 Å². The summed E-state index contributed by atoms with van der Waals surface area (Å²) < 4.78 is 46.4. The van der Waals surface area contributed by atoms with Crippen molar-refractivity contribution in [2.24, 2.45) is 23.7 Å². The van der Waals surface area contributed by atoms with Crippen LogP contribution in [-0.4, -0.2) is 86.7 Å². The van der Waals surface area contributed by atoms with E-state index in [1.54, 1.807) is 13.0 Å². The van der Waals surface area contributed by atoms with Crippen LogP contribution in [0.25, 0.3) is 4.85 Å². The summed E-state index contributed by atoms with van der Waals surface area (Å²) >= 11 is 2.27. The topological polar surface area (TPSA) is 204 Å². The van der Waals surface area contributed by atoms with E-state index in [0.717, 1.165) is 74.2 Å². The molecule has 1 aromatic carbocycles. The Morgan fingerprint density at radius 2 is 1.00 bits per heavy atom. The Morgan fingerprint density at radius 3 is 1.42 bits per heavy atom. The summed E-state index contributed by atoms with van der Waals surface area (Å²) in [6.45, 7) is 17.9. The van der Waals surface area contributed by atoms with Gasteiger partial charge in [0, 0.05) is 25.4 Å². The first kappa shape index (κ1) is 55.2. The second kappa shape index (κ2) is 28.2. The van der Waals surface area contributed by atoms with Gasteiger partial charge >= 0.3 is 35.8 Å². The number of carbonyl (C=O) groups excluding carboxylic acids is 6. The van der Waals surface area contributed by atoms with Gasteiger partial charge in [-0.2, -0.15) is 0 Å². The van der Waals surface area contributed by atoms with Gasteiger partial charge in [-0.15, -0.1) is 0 Å². The number of rotatable bonds is 22. The molecule has 0 spiro atoms. The number of benzene rings is 1. The van der Waals surface area contributed by atoms with Crippen LogP contribution in [0, 0.1) is 48.5 Å². The summed E-state index contributed by atoms with van der Waals surface area (Å²) in [4.78, 5) is 80.4. The zero-order valence-corrected chi connectivity index (χ0v) is 42.3. The lowest BCUT2D eigenvalue weighted by Crippen LogP contribution is -2.33. The SMILES string of the molecule is [C-]#[N+]/C(C#N)=C1/Sc2c(OC(=O)C3CCC(OC(=O)C4CCC(OCCCCOC(=O)C=C)CC4)CC3)cc(C)c(OC(=O)C3CCC(OC(=O)C4CCC(OCCCCOC(=O)C=C)CC4)CC3)c2S1. The van der Waals surface area contributed by atoms with Gasteiger partial charge in [-0.3, -0.25) is 19.2 Å². The zero-order chi connectivity index (χ0) is 50.7. The Balaban J connectivity index is 0.932. The lowest BCUT2D eigenvalue weighted by atomic mass is 9.86. The van der Waals surface area contributed by atoms with Crippen molar-refractivity contribution < 1.29 is 66.7 Å². The number of carbonyl (C=O) groups is 6. The van der Waals surface area contributed by atoms with Gasteiger partial charge in [-0.05, 0) is 147 Å². The van der Waals surface area contributed by atoms with Crippen LogP contribution >= 0.6 is 23.5 Å². The number of nitriles is 1. The average molecular weight is 1020 g/mol. The minimum absolute atomic E-state index is 0.0848. The molecule has 0 aromatic heterocycles.